The second kappa shape index (κ2) is 6.72. The lowest BCUT2D eigenvalue weighted by atomic mass is 9.97. The standard InChI is InChI=1S/C16H17F2N3O2S/c17-16(18)14-11-15(12-7-3-1-4-8-12)21(19-14)20-24(22,23)13-9-5-2-6-10-13/h2,5-7,9-11,16,20H,1,3-4,8H2. The predicted octanol–water partition coefficient (Wildman–Crippen LogP) is 3.71. The van der Waals surface area contributed by atoms with Gasteiger partial charge in [-0.2, -0.15) is 23.1 Å². The highest BCUT2D eigenvalue weighted by molar-refractivity contribution is 7.92. The zero-order chi connectivity index (χ0) is 17.2. The minimum Gasteiger partial charge on any atom is -0.203 e. The zero-order valence-electron chi connectivity index (χ0n) is 12.8. The molecule has 1 aliphatic rings. The Kier molecular flexibility index (Phi) is 4.66. The van der Waals surface area contributed by atoms with E-state index in [1.807, 2.05) is 6.08 Å². The van der Waals surface area contributed by atoms with Gasteiger partial charge >= 0.3 is 0 Å². The molecule has 0 unspecified atom stereocenters. The van der Waals surface area contributed by atoms with Crippen LogP contribution in [0.3, 0.4) is 0 Å². The van der Waals surface area contributed by atoms with Crippen molar-refractivity contribution in [3.05, 3.63) is 53.9 Å². The highest BCUT2D eigenvalue weighted by Gasteiger charge is 2.22. The third-order valence-corrected chi connectivity index (χ3v) is 5.14. The Morgan fingerprint density at radius 2 is 1.92 bits per heavy atom. The van der Waals surface area contributed by atoms with Gasteiger partial charge in [-0.15, -0.1) is 0 Å². The number of sulfonamides is 1. The van der Waals surface area contributed by atoms with Crippen molar-refractivity contribution in [2.24, 2.45) is 0 Å². The molecule has 0 amide bonds. The molecule has 0 fully saturated rings. The maximum Gasteiger partial charge on any atom is 0.282 e. The van der Waals surface area contributed by atoms with Crippen molar-refractivity contribution in [1.29, 1.82) is 0 Å². The molecule has 1 aromatic heterocycles. The second-order valence-electron chi connectivity index (χ2n) is 5.55. The van der Waals surface area contributed by atoms with Crippen LogP contribution < -0.4 is 4.83 Å². The lowest BCUT2D eigenvalue weighted by Crippen LogP contribution is -2.26. The number of nitrogens with one attached hydrogen (secondary N) is 1. The van der Waals surface area contributed by atoms with Crippen LogP contribution in [-0.4, -0.2) is 18.3 Å². The summed E-state index contributed by atoms with van der Waals surface area (Å²) in [5.74, 6) is 0. The van der Waals surface area contributed by atoms with Crippen molar-refractivity contribution in [3.63, 3.8) is 0 Å². The van der Waals surface area contributed by atoms with E-state index in [1.54, 1.807) is 18.2 Å². The van der Waals surface area contributed by atoms with Gasteiger partial charge in [0.2, 0.25) is 0 Å². The molecule has 0 aliphatic heterocycles. The van der Waals surface area contributed by atoms with Gasteiger partial charge in [0.1, 0.15) is 5.69 Å². The van der Waals surface area contributed by atoms with E-state index >= 15 is 0 Å². The first-order valence-electron chi connectivity index (χ1n) is 7.63. The van der Waals surface area contributed by atoms with E-state index in [4.69, 9.17) is 0 Å². The fourth-order valence-corrected chi connectivity index (χ4v) is 3.63. The third kappa shape index (κ3) is 3.48. The molecule has 1 N–H and O–H groups in total. The van der Waals surface area contributed by atoms with Gasteiger partial charge < -0.3 is 0 Å². The maximum atomic E-state index is 13.0. The molecule has 3 rings (SSSR count). The Labute approximate surface area is 139 Å². The number of nitrogens with zero attached hydrogens (tertiary/aromatic N) is 2. The van der Waals surface area contributed by atoms with Gasteiger partial charge in [0.15, 0.2) is 0 Å². The molecule has 1 aromatic carbocycles. The normalized spacial score (nSPS) is 15.4. The van der Waals surface area contributed by atoms with Crippen LogP contribution in [0.4, 0.5) is 8.78 Å². The number of alkyl halides is 2. The van der Waals surface area contributed by atoms with Crippen LogP contribution in [-0.2, 0) is 10.0 Å². The second-order valence-corrected chi connectivity index (χ2v) is 7.21. The average Bonchev–Trinajstić information content (AvgIpc) is 3.00. The number of aromatic nitrogens is 2. The van der Waals surface area contributed by atoms with E-state index in [1.165, 1.54) is 18.2 Å². The van der Waals surface area contributed by atoms with Crippen LogP contribution in [0.15, 0.2) is 47.4 Å². The summed E-state index contributed by atoms with van der Waals surface area (Å²) in [6, 6.07) is 8.98. The molecule has 0 spiro atoms. The Bertz CT molecular complexity index is 845. The predicted molar refractivity (Wildman–Crippen MR) is 86.6 cm³/mol. The molecular formula is C16H17F2N3O2S. The number of rotatable bonds is 5. The molecule has 128 valence electrons. The largest absolute Gasteiger partial charge is 0.282 e. The van der Waals surface area contributed by atoms with E-state index in [9.17, 15) is 17.2 Å². The minimum absolute atomic E-state index is 0.0441. The Morgan fingerprint density at radius 1 is 1.17 bits per heavy atom. The van der Waals surface area contributed by atoms with Crippen molar-refractivity contribution < 1.29 is 17.2 Å². The van der Waals surface area contributed by atoms with Crippen LogP contribution in [0.2, 0.25) is 0 Å². The molecule has 0 bridgehead atoms. The smallest absolute Gasteiger partial charge is 0.203 e. The summed E-state index contributed by atoms with van der Waals surface area (Å²) < 4.78 is 50.9. The first kappa shape index (κ1) is 16.6. The lowest BCUT2D eigenvalue weighted by molar-refractivity contribution is 0.145. The SMILES string of the molecule is O=S(=O)(Nn1nc(C(F)F)cc1C1=CCCCC1)c1ccccc1. The summed E-state index contributed by atoms with van der Waals surface area (Å²) >= 11 is 0. The number of hydrogen-bond donors (Lipinski definition) is 1. The topological polar surface area (TPSA) is 64.0 Å². The summed E-state index contributed by atoms with van der Waals surface area (Å²) in [5.41, 5.74) is 0.744. The van der Waals surface area contributed by atoms with Crippen molar-refractivity contribution in [2.75, 3.05) is 4.83 Å². The first-order chi connectivity index (χ1) is 11.5. The molecule has 0 saturated heterocycles. The van der Waals surface area contributed by atoms with Gasteiger partial charge in [-0.25, -0.2) is 8.78 Å². The van der Waals surface area contributed by atoms with E-state index in [0.717, 1.165) is 29.6 Å². The Balaban J connectivity index is 1.99. The molecule has 0 radical (unpaired) electrons. The molecule has 1 heterocycles. The van der Waals surface area contributed by atoms with Crippen molar-refractivity contribution in [1.82, 2.24) is 9.89 Å². The summed E-state index contributed by atoms with van der Waals surface area (Å²) in [5, 5.41) is 3.73. The van der Waals surface area contributed by atoms with Gasteiger partial charge in [0, 0.05) is 0 Å². The number of allylic oxidation sites excluding steroid dienone is 2. The quantitative estimate of drug-likeness (QED) is 0.891. The molecule has 0 atom stereocenters. The third-order valence-electron chi connectivity index (χ3n) is 3.83. The fraction of sp³-hybridized carbons (Fsp3) is 0.312. The zero-order valence-corrected chi connectivity index (χ0v) is 13.6. The van der Waals surface area contributed by atoms with Crippen LogP contribution in [0.1, 0.15) is 43.5 Å². The van der Waals surface area contributed by atoms with Gasteiger partial charge in [-0.1, -0.05) is 24.3 Å². The maximum absolute atomic E-state index is 13.0. The number of benzene rings is 1. The summed E-state index contributed by atoms with van der Waals surface area (Å²) in [6.07, 6.45) is 2.71. The molecule has 0 saturated carbocycles. The highest BCUT2D eigenvalue weighted by Crippen LogP contribution is 2.29. The number of halogens is 2. The summed E-state index contributed by atoms with van der Waals surface area (Å²) in [4.78, 5) is 3.27. The summed E-state index contributed by atoms with van der Waals surface area (Å²) in [7, 11) is -3.91. The van der Waals surface area contributed by atoms with Crippen LogP contribution >= 0.6 is 0 Å². The van der Waals surface area contributed by atoms with Crippen LogP contribution in [0.5, 0.6) is 0 Å². The van der Waals surface area contributed by atoms with Gasteiger partial charge in [0.25, 0.3) is 16.4 Å². The van der Waals surface area contributed by atoms with E-state index in [-0.39, 0.29) is 4.90 Å². The van der Waals surface area contributed by atoms with E-state index in [2.05, 4.69) is 9.93 Å². The number of hydrogen-bond acceptors (Lipinski definition) is 3. The monoisotopic (exact) mass is 353 g/mol. The average molecular weight is 353 g/mol. The molecule has 8 heteroatoms. The van der Waals surface area contributed by atoms with Crippen LogP contribution in [0.25, 0.3) is 5.57 Å². The Hall–Kier alpha value is -2.22. The fourth-order valence-electron chi connectivity index (χ4n) is 2.64. The van der Waals surface area contributed by atoms with Crippen molar-refractivity contribution in [2.45, 2.75) is 37.0 Å². The van der Waals surface area contributed by atoms with Gasteiger partial charge in [0.05, 0.1) is 10.6 Å². The van der Waals surface area contributed by atoms with Crippen molar-refractivity contribution >= 4 is 15.6 Å². The minimum atomic E-state index is -3.91. The molecule has 24 heavy (non-hydrogen) atoms. The highest BCUT2D eigenvalue weighted by atomic mass is 32.2. The summed E-state index contributed by atoms with van der Waals surface area (Å²) in [6.45, 7) is 0. The molecule has 5 nitrogen and oxygen atoms in total. The van der Waals surface area contributed by atoms with E-state index < -0.39 is 22.1 Å². The van der Waals surface area contributed by atoms with Gasteiger partial charge in [-0.05, 0) is 49.5 Å². The van der Waals surface area contributed by atoms with Crippen LogP contribution in [0, 0.1) is 0 Å². The molecule has 1 aliphatic carbocycles. The molecular weight excluding hydrogens is 336 g/mol. The first-order valence-corrected chi connectivity index (χ1v) is 9.11. The molecule has 2 aromatic rings. The van der Waals surface area contributed by atoms with E-state index in [0.29, 0.717) is 12.1 Å². The Morgan fingerprint density at radius 3 is 2.54 bits per heavy atom. The van der Waals surface area contributed by atoms with Crippen molar-refractivity contribution in [3.8, 4) is 0 Å². The van der Waals surface area contributed by atoms with Gasteiger partial charge in [-0.3, -0.25) is 0 Å². The lowest BCUT2D eigenvalue weighted by Gasteiger charge is -2.15.